The summed E-state index contributed by atoms with van der Waals surface area (Å²) < 4.78 is 11.4. The number of nitrogens with one attached hydrogen (secondary N) is 1. The standard InChI is InChI=1S/C10H17BrN2O2/c1-7(6-14-2)5-9(13-12)10-8(11)3-4-15-10/h3-4,7,9,13H,5-6,12H2,1-2H3. The van der Waals surface area contributed by atoms with Gasteiger partial charge in [-0.05, 0) is 34.3 Å². The molecule has 1 rings (SSSR count). The zero-order valence-electron chi connectivity index (χ0n) is 9.00. The molecule has 0 amide bonds. The van der Waals surface area contributed by atoms with Crippen molar-refractivity contribution in [3.05, 3.63) is 22.6 Å². The summed E-state index contributed by atoms with van der Waals surface area (Å²) in [4.78, 5) is 0. The first-order valence-electron chi connectivity index (χ1n) is 4.87. The molecular formula is C10H17BrN2O2. The molecule has 4 nitrogen and oxygen atoms in total. The average molecular weight is 277 g/mol. The Morgan fingerprint density at radius 1 is 1.67 bits per heavy atom. The van der Waals surface area contributed by atoms with Gasteiger partial charge in [-0.25, -0.2) is 5.43 Å². The number of ether oxygens (including phenoxy) is 1. The van der Waals surface area contributed by atoms with E-state index in [1.54, 1.807) is 13.4 Å². The second-order valence-corrected chi connectivity index (χ2v) is 4.50. The Balaban J connectivity index is 2.60. The first kappa shape index (κ1) is 12.7. The minimum atomic E-state index is 0.0134. The van der Waals surface area contributed by atoms with Crippen LogP contribution in [0.1, 0.15) is 25.1 Å². The number of hydrogen-bond acceptors (Lipinski definition) is 4. The van der Waals surface area contributed by atoms with E-state index < -0.39 is 0 Å². The number of nitrogens with two attached hydrogens (primary N) is 1. The summed E-state index contributed by atoms with van der Waals surface area (Å²) >= 11 is 3.42. The van der Waals surface area contributed by atoms with Crippen molar-refractivity contribution in [2.45, 2.75) is 19.4 Å². The summed E-state index contributed by atoms with van der Waals surface area (Å²) in [7, 11) is 1.70. The fraction of sp³-hybridized carbons (Fsp3) is 0.600. The predicted molar refractivity (Wildman–Crippen MR) is 62.1 cm³/mol. The van der Waals surface area contributed by atoms with Gasteiger partial charge >= 0.3 is 0 Å². The van der Waals surface area contributed by atoms with E-state index in [0.29, 0.717) is 5.92 Å². The molecule has 0 aromatic carbocycles. The van der Waals surface area contributed by atoms with Crippen LogP contribution in [-0.2, 0) is 4.74 Å². The lowest BCUT2D eigenvalue weighted by molar-refractivity contribution is 0.147. The SMILES string of the molecule is COCC(C)CC(NN)c1occc1Br. The van der Waals surface area contributed by atoms with Gasteiger partial charge in [-0.15, -0.1) is 0 Å². The highest BCUT2D eigenvalue weighted by atomic mass is 79.9. The lowest BCUT2D eigenvalue weighted by Gasteiger charge is -2.18. The summed E-state index contributed by atoms with van der Waals surface area (Å²) in [6.45, 7) is 2.83. The van der Waals surface area contributed by atoms with Crippen LogP contribution < -0.4 is 11.3 Å². The maximum Gasteiger partial charge on any atom is 0.136 e. The largest absolute Gasteiger partial charge is 0.466 e. The highest BCUT2D eigenvalue weighted by molar-refractivity contribution is 9.10. The predicted octanol–water partition coefficient (Wildman–Crippen LogP) is 2.22. The molecule has 0 aliphatic carbocycles. The molecule has 15 heavy (non-hydrogen) atoms. The zero-order valence-corrected chi connectivity index (χ0v) is 10.6. The van der Waals surface area contributed by atoms with Gasteiger partial charge < -0.3 is 9.15 Å². The molecule has 2 atom stereocenters. The van der Waals surface area contributed by atoms with Gasteiger partial charge in [0, 0.05) is 13.7 Å². The van der Waals surface area contributed by atoms with Crippen molar-refractivity contribution < 1.29 is 9.15 Å². The molecule has 0 aliphatic heterocycles. The van der Waals surface area contributed by atoms with Gasteiger partial charge in [0.2, 0.25) is 0 Å². The van der Waals surface area contributed by atoms with Crippen LogP contribution in [0.15, 0.2) is 21.2 Å². The molecule has 1 aromatic heterocycles. The lowest BCUT2D eigenvalue weighted by Crippen LogP contribution is -2.30. The van der Waals surface area contributed by atoms with Crippen LogP contribution in [0.5, 0.6) is 0 Å². The van der Waals surface area contributed by atoms with Crippen LogP contribution in [0.4, 0.5) is 0 Å². The van der Waals surface area contributed by atoms with Crippen molar-refractivity contribution in [2.24, 2.45) is 11.8 Å². The van der Waals surface area contributed by atoms with Crippen molar-refractivity contribution in [1.29, 1.82) is 0 Å². The highest BCUT2D eigenvalue weighted by Gasteiger charge is 2.19. The van der Waals surface area contributed by atoms with E-state index in [-0.39, 0.29) is 6.04 Å². The third kappa shape index (κ3) is 3.61. The van der Waals surface area contributed by atoms with E-state index in [0.717, 1.165) is 23.3 Å². The van der Waals surface area contributed by atoms with Crippen molar-refractivity contribution in [2.75, 3.05) is 13.7 Å². The Morgan fingerprint density at radius 2 is 2.40 bits per heavy atom. The van der Waals surface area contributed by atoms with Crippen LogP contribution in [0.2, 0.25) is 0 Å². The van der Waals surface area contributed by atoms with Crippen LogP contribution in [0, 0.1) is 5.92 Å². The van der Waals surface area contributed by atoms with Gasteiger partial charge in [-0.3, -0.25) is 5.84 Å². The molecule has 0 fully saturated rings. The Hall–Kier alpha value is -0.360. The van der Waals surface area contributed by atoms with E-state index in [2.05, 4.69) is 28.3 Å². The van der Waals surface area contributed by atoms with E-state index in [1.165, 1.54) is 0 Å². The van der Waals surface area contributed by atoms with Crippen molar-refractivity contribution in [3.63, 3.8) is 0 Å². The number of halogens is 1. The third-order valence-electron chi connectivity index (χ3n) is 2.25. The molecule has 0 saturated carbocycles. The Morgan fingerprint density at radius 3 is 2.87 bits per heavy atom. The summed E-state index contributed by atoms with van der Waals surface area (Å²) in [5, 5.41) is 0. The molecule has 0 spiro atoms. The van der Waals surface area contributed by atoms with Crippen LogP contribution >= 0.6 is 15.9 Å². The third-order valence-corrected chi connectivity index (χ3v) is 2.91. The summed E-state index contributed by atoms with van der Waals surface area (Å²) in [5.74, 6) is 6.76. The lowest BCUT2D eigenvalue weighted by atomic mass is 10.0. The van der Waals surface area contributed by atoms with Gasteiger partial charge in [0.1, 0.15) is 5.76 Å². The van der Waals surface area contributed by atoms with Gasteiger partial charge in [-0.1, -0.05) is 6.92 Å². The fourth-order valence-corrected chi connectivity index (χ4v) is 2.04. The molecule has 0 aliphatic rings. The summed E-state index contributed by atoms with van der Waals surface area (Å²) in [6, 6.07) is 1.88. The number of furan rings is 1. The van der Waals surface area contributed by atoms with Crippen LogP contribution in [-0.4, -0.2) is 13.7 Å². The van der Waals surface area contributed by atoms with Gasteiger partial charge in [0.05, 0.1) is 16.8 Å². The van der Waals surface area contributed by atoms with E-state index in [1.807, 2.05) is 6.07 Å². The molecule has 0 radical (unpaired) electrons. The molecule has 1 heterocycles. The number of rotatable bonds is 6. The maximum atomic E-state index is 5.51. The molecule has 3 N–H and O–H groups in total. The smallest absolute Gasteiger partial charge is 0.136 e. The van der Waals surface area contributed by atoms with Crippen LogP contribution in [0.3, 0.4) is 0 Å². The Bertz CT molecular complexity index is 291. The zero-order chi connectivity index (χ0) is 11.3. The minimum Gasteiger partial charge on any atom is -0.466 e. The van der Waals surface area contributed by atoms with Crippen molar-refractivity contribution in [1.82, 2.24) is 5.43 Å². The van der Waals surface area contributed by atoms with E-state index >= 15 is 0 Å². The first-order valence-corrected chi connectivity index (χ1v) is 5.66. The normalized spacial score (nSPS) is 15.2. The van der Waals surface area contributed by atoms with Crippen molar-refractivity contribution in [3.8, 4) is 0 Å². The molecule has 0 saturated heterocycles. The fourth-order valence-electron chi connectivity index (χ4n) is 1.56. The quantitative estimate of drug-likeness (QED) is 0.618. The number of hydrazine groups is 1. The molecule has 2 unspecified atom stereocenters. The Kier molecular flexibility index (Phi) is 5.31. The molecule has 1 aromatic rings. The Labute approximate surface area is 98.3 Å². The molecule has 86 valence electrons. The monoisotopic (exact) mass is 276 g/mol. The van der Waals surface area contributed by atoms with E-state index in [4.69, 9.17) is 15.0 Å². The van der Waals surface area contributed by atoms with Gasteiger partial charge in [-0.2, -0.15) is 0 Å². The summed E-state index contributed by atoms with van der Waals surface area (Å²) in [5.41, 5.74) is 2.76. The van der Waals surface area contributed by atoms with Crippen molar-refractivity contribution >= 4 is 15.9 Å². The molecule has 0 bridgehead atoms. The number of hydrogen-bond donors (Lipinski definition) is 2. The first-order chi connectivity index (χ1) is 7.19. The highest BCUT2D eigenvalue weighted by Crippen LogP contribution is 2.28. The minimum absolute atomic E-state index is 0.0134. The second kappa shape index (κ2) is 6.27. The van der Waals surface area contributed by atoms with E-state index in [9.17, 15) is 0 Å². The maximum absolute atomic E-state index is 5.51. The average Bonchev–Trinajstić information content (AvgIpc) is 2.61. The second-order valence-electron chi connectivity index (χ2n) is 3.65. The molecule has 5 heteroatoms. The molecular weight excluding hydrogens is 260 g/mol. The summed E-state index contributed by atoms with van der Waals surface area (Å²) in [6.07, 6.45) is 2.52. The van der Waals surface area contributed by atoms with Gasteiger partial charge in [0.15, 0.2) is 0 Å². The number of methoxy groups -OCH3 is 1. The topological polar surface area (TPSA) is 60.4 Å². The van der Waals surface area contributed by atoms with Crippen LogP contribution in [0.25, 0.3) is 0 Å². The van der Waals surface area contributed by atoms with Gasteiger partial charge in [0.25, 0.3) is 0 Å².